The van der Waals surface area contributed by atoms with Gasteiger partial charge in [-0.05, 0) is 48.5 Å². The maximum Gasteiger partial charge on any atom is 3.00 e. The summed E-state index contributed by atoms with van der Waals surface area (Å²) in [7, 11) is -12.2. The molecule has 4 aromatic rings. The summed E-state index contributed by atoms with van der Waals surface area (Å²) >= 11 is 0. The van der Waals surface area contributed by atoms with Crippen LogP contribution in [0.3, 0.4) is 0 Å². The van der Waals surface area contributed by atoms with Crippen molar-refractivity contribution in [1.82, 2.24) is 39.5 Å². The van der Waals surface area contributed by atoms with Gasteiger partial charge in [0.25, 0.3) is 0 Å². The molecule has 1 radical (unpaired) electrons. The summed E-state index contributed by atoms with van der Waals surface area (Å²) in [6.45, 7) is 11.2. The van der Waals surface area contributed by atoms with Crippen molar-refractivity contribution in [2.45, 2.75) is 37.2 Å². The second kappa shape index (κ2) is 28.5. The molecule has 0 unspecified atom stereocenters. The molecule has 16 nitrogen and oxygen atoms in total. The Kier molecular flexibility index (Phi) is 27.1. The van der Waals surface area contributed by atoms with Crippen LogP contribution in [0.15, 0.2) is 97.6 Å². The molecule has 0 spiro atoms. The van der Waals surface area contributed by atoms with Crippen LogP contribution < -0.4 is 4.70 Å². The van der Waals surface area contributed by atoms with E-state index in [1.165, 1.54) is 0 Å². The minimum atomic E-state index is -6.09. The first kappa shape index (κ1) is 57.0. The standard InChI is InChI=1S/C32H40N8.2CHF3O3S.Dy.FH.H2O2/c1-5-13-33-29(9-1)25-37-17-19-38(26-30-10-2-6-14-34-30)21-23-40(28-32-12-4-8-16-36-32)24-22-39(20-18-37)27-31-11-3-7-15-35-31;2*2-1(3,4)8(5,6)7;;;1-2/h1-16H,17-28H2;2*(H,5,6,7);;1H;1-2H/q;;;+3;;/p-3. The van der Waals surface area contributed by atoms with Gasteiger partial charge in [-0.25, -0.2) is 16.8 Å². The summed E-state index contributed by atoms with van der Waals surface area (Å²) in [6, 6.07) is 24.8. The molecule has 1 aliphatic rings. The van der Waals surface area contributed by atoms with Gasteiger partial charge < -0.3 is 13.8 Å². The van der Waals surface area contributed by atoms with E-state index in [0.717, 1.165) is 101 Å². The van der Waals surface area contributed by atoms with Crippen molar-refractivity contribution in [2.24, 2.45) is 0 Å². The Bertz CT molecular complexity index is 1680. The average Bonchev–Trinajstić information content (AvgIpc) is 3.17. The maximum absolute atomic E-state index is 10.7. The molecular formula is C34H42DyF7N8O8S2. The van der Waals surface area contributed by atoms with Crippen molar-refractivity contribution in [1.29, 1.82) is 0 Å². The van der Waals surface area contributed by atoms with Crippen LogP contribution in [-0.4, -0.2) is 139 Å². The zero-order valence-corrected chi connectivity index (χ0v) is 35.1. The molecule has 1 saturated heterocycles. The van der Waals surface area contributed by atoms with E-state index < -0.39 is 31.3 Å². The van der Waals surface area contributed by atoms with Gasteiger partial charge >= 0.3 is 49.2 Å². The number of halogens is 7. The summed E-state index contributed by atoms with van der Waals surface area (Å²) in [6.07, 6.45) is 7.57. The third-order valence-corrected chi connectivity index (χ3v) is 9.08. The van der Waals surface area contributed by atoms with Crippen LogP contribution in [0, 0.1) is 38.2 Å². The van der Waals surface area contributed by atoms with Crippen LogP contribution in [0.5, 0.6) is 0 Å². The summed E-state index contributed by atoms with van der Waals surface area (Å²) in [5.41, 5.74) is -6.83. The van der Waals surface area contributed by atoms with Gasteiger partial charge in [0.05, 0.1) is 22.8 Å². The Labute approximate surface area is 373 Å². The molecule has 337 valence electrons. The number of hydrogen-bond acceptors (Lipinski definition) is 16. The van der Waals surface area contributed by atoms with Gasteiger partial charge in [0.2, 0.25) is 0 Å². The van der Waals surface area contributed by atoms with Crippen LogP contribution in [0.1, 0.15) is 22.8 Å². The van der Waals surface area contributed by atoms with Crippen molar-refractivity contribution < 1.29 is 106 Å². The van der Waals surface area contributed by atoms with Crippen molar-refractivity contribution >= 4 is 20.2 Å². The van der Waals surface area contributed by atoms with E-state index in [-0.39, 0.29) is 42.9 Å². The number of aromatic nitrogens is 4. The number of pyridine rings is 4. The minimum Gasteiger partial charge on any atom is -1.00 e. The SMILES string of the molecule is O=S(=O)([O-])C(F)(F)F.O=S(=O)([O-])C(F)(F)F.OO.[Dy+3].[F-].c1ccc(CN2CCN(Cc3ccccn3)CCN(Cc3ccccn3)CCN(Cc3ccccn3)CC2)nc1. The van der Waals surface area contributed by atoms with Crippen LogP contribution in [-0.2, 0) is 46.4 Å². The predicted octanol–water partition coefficient (Wildman–Crippen LogP) is 0.713. The third-order valence-electron chi connectivity index (χ3n) is 7.94. The molecular weight excluding hydrogens is 1010 g/mol. The molecule has 0 bridgehead atoms. The average molecular weight is 1050 g/mol. The van der Waals surface area contributed by atoms with Crippen LogP contribution in [0.2, 0.25) is 0 Å². The van der Waals surface area contributed by atoms with Crippen molar-refractivity contribution in [2.75, 3.05) is 52.4 Å². The fourth-order valence-corrected chi connectivity index (χ4v) is 5.09. The normalized spacial score (nSPS) is 15.3. The van der Waals surface area contributed by atoms with Crippen molar-refractivity contribution in [3.63, 3.8) is 0 Å². The maximum atomic E-state index is 10.7. The number of hydrogen-bond donors (Lipinski definition) is 2. The summed E-state index contributed by atoms with van der Waals surface area (Å²) in [5, 5.41) is 12.0. The van der Waals surface area contributed by atoms with Gasteiger partial charge in [0.1, 0.15) is 0 Å². The first-order valence-electron chi connectivity index (χ1n) is 17.0. The number of nitrogens with zero attached hydrogens (tertiary/aromatic N) is 8. The molecule has 0 amide bonds. The van der Waals surface area contributed by atoms with Crippen molar-refractivity contribution in [3.05, 3.63) is 120 Å². The molecule has 5 heterocycles. The Morgan fingerprint density at radius 2 is 0.633 bits per heavy atom. The minimum absolute atomic E-state index is 0. The first-order chi connectivity index (χ1) is 27.3. The van der Waals surface area contributed by atoms with E-state index in [1.54, 1.807) is 0 Å². The monoisotopic (exact) mass is 1050 g/mol. The quantitative estimate of drug-likeness (QED) is 0.0817. The molecule has 0 aromatic carbocycles. The second-order valence-electron chi connectivity index (χ2n) is 12.2. The Balaban J connectivity index is 0.00000147. The molecule has 0 atom stereocenters. The molecule has 4 aromatic heterocycles. The van der Waals surface area contributed by atoms with Crippen molar-refractivity contribution in [3.8, 4) is 0 Å². The van der Waals surface area contributed by atoms with Gasteiger partial charge in [-0.1, -0.05) is 24.3 Å². The second-order valence-corrected chi connectivity index (χ2v) is 14.9. The van der Waals surface area contributed by atoms with E-state index in [4.69, 9.17) is 36.5 Å². The Morgan fingerprint density at radius 3 is 0.750 bits per heavy atom. The van der Waals surface area contributed by atoms with Gasteiger partial charge in [0.15, 0.2) is 20.2 Å². The Morgan fingerprint density at radius 1 is 0.467 bits per heavy atom. The van der Waals surface area contributed by atoms with Crippen LogP contribution in [0.25, 0.3) is 0 Å². The molecule has 1 fully saturated rings. The van der Waals surface area contributed by atoms with Gasteiger partial charge in [-0.2, -0.15) is 26.3 Å². The predicted molar refractivity (Wildman–Crippen MR) is 195 cm³/mol. The number of rotatable bonds is 8. The zero-order chi connectivity index (χ0) is 43.2. The van der Waals surface area contributed by atoms with Gasteiger partial charge in [0, 0.05) is 103 Å². The molecule has 60 heavy (non-hydrogen) atoms. The third kappa shape index (κ3) is 23.3. The van der Waals surface area contributed by atoms with Crippen LogP contribution >= 0.6 is 0 Å². The van der Waals surface area contributed by atoms with E-state index in [1.807, 2.05) is 49.1 Å². The zero-order valence-electron chi connectivity index (χ0n) is 31.4. The van der Waals surface area contributed by atoms with E-state index in [2.05, 4.69) is 88.1 Å². The Hall–Kier alpha value is -3.04. The molecule has 0 saturated carbocycles. The largest absolute Gasteiger partial charge is 3.00 e. The molecule has 5 rings (SSSR count). The smallest absolute Gasteiger partial charge is 1.00 e. The van der Waals surface area contributed by atoms with E-state index >= 15 is 0 Å². The number of alkyl halides is 6. The molecule has 2 N–H and O–H groups in total. The van der Waals surface area contributed by atoms with Gasteiger partial charge in [-0.15, -0.1) is 0 Å². The van der Waals surface area contributed by atoms with E-state index in [9.17, 15) is 26.3 Å². The molecule has 1 aliphatic heterocycles. The van der Waals surface area contributed by atoms with E-state index in [0.29, 0.717) is 0 Å². The molecule has 26 heteroatoms. The fourth-order valence-electron chi connectivity index (χ4n) is 5.09. The first-order valence-corrected chi connectivity index (χ1v) is 19.8. The topological polar surface area (TPSA) is 219 Å². The molecule has 0 aliphatic carbocycles. The summed E-state index contributed by atoms with van der Waals surface area (Å²) in [5.74, 6) is 0. The van der Waals surface area contributed by atoms with Gasteiger partial charge in [-0.3, -0.25) is 50.1 Å². The summed E-state index contributed by atoms with van der Waals surface area (Å²) in [4.78, 5) is 28.7. The fraction of sp³-hybridized carbons (Fsp3) is 0.412. The van der Waals surface area contributed by atoms with Crippen LogP contribution in [0.4, 0.5) is 26.3 Å². The summed E-state index contributed by atoms with van der Waals surface area (Å²) < 4.78 is 118.